The van der Waals surface area contributed by atoms with Crippen LogP contribution in [0.25, 0.3) is 0 Å². The molecule has 1 aromatic heterocycles. The van der Waals surface area contributed by atoms with E-state index in [2.05, 4.69) is 18.0 Å². The molecule has 3 rings (SSSR count). The Bertz CT molecular complexity index is 441. The molecule has 1 aromatic rings. The summed E-state index contributed by atoms with van der Waals surface area (Å²) in [5.41, 5.74) is 1.70. The van der Waals surface area contributed by atoms with Crippen LogP contribution in [0, 0.1) is 0 Å². The molecule has 3 heterocycles. The molecule has 2 aliphatic rings. The average molecular weight is 248 g/mol. The van der Waals surface area contributed by atoms with Gasteiger partial charge in [-0.25, -0.2) is 0 Å². The van der Waals surface area contributed by atoms with Crippen LogP contribution in [0.15, 0.2) is 23.3 Å². The summed E-state index contributed by atoms with van der Waals surface area (Å²) in [6.45, 7) is 2.12. The van der Waals surface area contributed by atoms with Crippen LogP contribution in [0.2, 0.25) is 0 Å². The molecule has 4 nitrogen and oxygen atoms in total. The largest absolute Gasteiger partial charge is 0.376 e. The third-order valence-corrected chi connectivity index (χ3v) is 3.95. The minimum absolute atomic E-state index is 0.0403. The molecule has 1 saturated heterocycles. The number of hydrogen-bond donors (Lipinski definition) is 1. The fraction of sp³-hybridized carbons (Fsp3) is 0.643. The topological polar surface area (TPSA) is 46.6 Å². The summed E-state index contributed by atoms with van der Waals surface area (Å²) < 4.78 is 11.8. The Kier molecular flexibility index (Phi) is 2.99. The van der Waals surface area contributed by atoms with Gasteiger partial charge in [0.25, 0.3) is 0 Å². The predicted molar refractivity (Wildman–Crippen MR) is 69.9 cm³/mol. The van der Waals surface area contributed by atoms with Crippen LogP contribution in [0.4, 0.5) is 0 Å². The highest BCUT2D eigenvalue weighted by Gasteiger charge is 2.48. The Morgan fingerprint density at radius 2 is 2.44 bits per heavy atom. The molecule has 18 heavy (non-hydrogen) atoms. The maximum atomic E-state index is 6.14. The van der Waals surface area contributed by atoms with Gasteiger partial charge in [-0.05, 0) is 38.3 Å². The minimum Gasteiger partial charge on any atom is -0.376 e. The van der Waals surface area contributed by atoms with E-state index in [0.717, 1.165) is 37.1 Å². The number of H-pyrrole nitrogens is 1. The molecule has 0 saturated carbocycles. The first kappa shape index (κ1) is 11.9. The van der Waals surface area contributed by atoms with Crippen molar-refractivity contribution in [2.75, 3.05) is 7.11 Å². The first-order valence-corrected chi connectivity index (χ1v) is 6.66. The Morgan fingerprint density at radius 3 is 3.11 bits per heavy atom. The zero-order valence-electron chi connectivity index (χ0n) is 11.0. The second-order valence-electron chi connectivity index (χ2n) is 5.24. The highest BCUT2D eigenvalue weighted by Crippen LogP contribution is 2.40. The maximum Gasteiger partial charge on any atom is 0.185 e. The Labute approximate surface area is 107 Å². The van der Waals surface area contributed by atoms with Gasteiger partial charge < -0.3 is 14.5 Å². The number of aromatic nitrogens is 1. The van der Waals surface area contributed by atoms with Crippen LogP contribution >= 0.6 is 0 Å². The van der Waals surface area contributed by atoms with Crippen LogP contribution in [0.5, 0.6) is 0 Å². The summed E-state index contributed by atoms with van der Waals surface area (Å²) in [7, 11) is 1.75. The molecule has 1 spiro atoms. The Hall–Kier alpha value is -1.13. The molecule has 1 N–H and O–H groups in total. The number of ether oxygens (including phenoxy) is 2. The lowest BCUT2D eigenvalue weighted by atomic mass is 9.95. The summed E-state index contributed by atoms with van der Waals surface area (Å²) in [6.07, 6.45) is 6.29. The lowest BCUT2D eigenvalue weighted by Crippen LogP contribution is -2.46. The van der Waals surface area contributed by atoms with Crippen molar-refractivity contribution in [3.8, 4) is 0 Å². The maximum absolute atomic E-state index is 6.14. The zero-order valence-corrected chi connectivity index (χ0v) is 11.0. The third-order valence-electron chi connectivity index (χ3n) is 3.95. The first-order chi connectivity index (χ1) is 8.73. The standard InChI is InChI=1S/C14H20N2O2/c1-10-5-3-7-14(18-10)13(17-2)9-12(16-14)11-6-4-8-15-11/h4,6,8,10,13,15H,3,5,7,9H2,1-2H3/t10-,13-,14+/m1/s1. The van der Waals surface area contributed by atoms with Crippen LogP contribution < -0.4 is 0 Å². The predicted octanol–water partition coefficient (Wildman–Crippen LogP) is 2.51. The summed E-state index contributed by atoms with van der Waals surface area (Å²) in [5, 5.41) is 0. The van der Waals surface area contributed by atoms with Gasteiger partial charge in [0.1, 0.15) is 6.10 Å². The van der Waals surface area contributed by atoms with E-state index in [4.69, 9.17) is 14.5 Å². The molecular formula is C14H20N2O2. The number of nitrogens with zero attached hydrogens (tertiary/aromatic N) is 1. The van der Waals surface area contributed by atoms with Crippen molar-refractivity contribution in [1.82, 2.24) is 4.98 Å². The molecule has 0 radical (unpaired) electrons. The monoisotopic (exact) mass is 248 g/mol. The Morgan fingerprint density at radius 1 is 1.56 bits per heavy atom. The summed E-state index contributed by atoms with van der Waals surface area (Å²) in [5.74, 6) is 0. The van der Waals surface area contributed by atoms with Gasteiger partial charge in [0.15, 0.2) is 5.72 Å². The van der Waals surface area contributed by atoms with Gasteiger partial charge in [-0.2, -0.15) is 0 Å². The van der Waals surface area contributed by atoms with Crippen molar-refractivity contribution in [1.29, 1.82) is 0 Å². The number of nitrogens with one attached hydrogen (secondary N) is 1. The summed E-state index contributed by atoms with van der Waals surface area (Å²) in [6, 6.07) is 4.05. The molecule has 0 amide bonds. The minimum atomic E-state index is -0.452. The number of methoxy groups -OCH3 is 1. The van der Waals surface area contributed by atoms with E-state index < -0.39 is 5.72 Å². The lowest BCUT2D eigenvalue weighted by molar-refractivity contribution is -0.172. The molecule has 0 aliphatic carbocycles. The highest BCUT2D eigenvalue weighted by molar-refractivity contribution is 6.01. The second kappa shape index (κ2) is 4.52. The SMILES string of the molecule is CO[C@@H]1CC(c2ccc[nH]2)=N[C@]12CCC[C@@H](C)O2. The fourth-order valence-electron chi connectivity index (χ4n) is 3.06. The van der Waals surface area contributed by atoms with Gasteiger partial charge in [0, 0.05) is 19.7 Å². The molecule has 2 aliphatic heterocycles. The van der Waals surface area contributed by atoms with Crippen LogP contribution in [0.3, 0.4) is 0 Å². The molecular weight excluding hydrogens is 228 g/mol. The van der Waals surface area contributed by atoms with Crippen LogP contribution in [0.1, 0.15) is 38.3 Å². The molecule has 3 atom stereocenters. The zero-order chi connectivity index (χ0) is 12.6. The molecule has 0 unspecified atom stereocenters. The summed E-state index contributed by atoms with van der Waals surface area (Å²) in [4.78, 5) is 8.08. The van der Waals surface area contributed by atoms with Crippen molar-refractivity contribution in [2.45, 2.75) is 50.5 Å². The van der Waals surface area contributed by atoms with Gasteiger partial charge in [-0.15, -0.1) is 0 Å². The summed E-state index contributed by atoms with van der Waals surface area (Å²) >= 11 is 0. The smallest absolute Gasteiger partial charge is 0.185 e. The van der Waals surface area contributed by atoms with Crippen molar-refractivity contribution in [2.24, 2.45) is 4.99 Å². The van der Waals surface area contributed by atoms with Crippen molar-refractivity contribution in [3.05, 3.63) is 24.0 Å². The molecule has 1 fully saturated rings. The van der Waals surface area contributed by atoms with E-state index in [1.54, 1.807) is 7.11 Å². The second-order valence-corrected chi connectivity index (χ2v) is 5.24. The van der Waals surface area contributed by atoms with Crippen LogP contribution in [-0.2, 0) is 9.47 Å². The lowest BCUT2D eigenvalue weighted by Gasteiger charge is -2.38. The normalized spacial score (nSPS) is 36.0. The number of rotatable bonds is 2. The van der Waals surface area contributed by atoms with Crippen molar-refractivity contribution < 1.29 is 9.47 Å². The molecule has 98 valence electrons. The average Bonchev–Trinajstić information content (AvgIpc) is 2.96. The van der Waals surface area contributed by atoms with E-state index >= 15 is 0 Å². The van der Waals surface area contributed by atoms with Crippen molar-refractivity contribution in [3.63, 3.8) is 0 Å². The van der Waals surface area contributed by atoms with Crippen molar-refractivity contribution >= 4 is 5.71 Å². The van der Waals surface area contributed by atoms with Gasteiger partial charge >= 0.3 is 0 Å². The van der Waals surface area contributed by atoms with Crippen LogP contribution in [-0.4, -0.2) is 35.7 Å². The number of aliphatic imine (C=N–C) groups is 1. The van der Waals surface area contributed by atoms with Gasteiger partial charge in [0.2, 0.25) is 0 Å². The first-order valence-electron chi connectivity index (χ1n) is 6.66. The van der Waals surface area contributed by atoms with Gasteiger partial charge in [-0.1, -0.05) is 0 Å². The van der Waals surface area contributed by atoms with E-state index in [-0.39, 0.29) is 12.2 Å². The number of aromatic amines is 1. The quantitative estimate of drug-likeness (QED) is 0.874. The van der Waals surface area contributed by atoms with E-state index in [0.29, 0.717) is 0 Å². The van der Waals surface area contributed by atoms with Gasteiger partial charge in [0.05, 0.1) is 17.5 Å². The van der Waals surface area contributed by atoms with E-state index in [1.165, 1.54) is 0 Å². The third kappa shape index (κ3) is 1.89. The Balaban J connectivity index is 1.91. The van der Waals surface area contributed by atoms with Gasteiger partial charge in [-0.3, -0.25) is 4.99 Å². The van der Waals surface area contributed by atoms with E-state index in [9.17, 15) is 0 Å². The highest BCUT2D eigenvalue weighted by atomic mass is 16.6. The number of hydrogen-bond acceptors (Lipinski definition) is 3. The molecule has 4 heteroatoms. The fourth-order valence-corrected chi connectivity index (χ4v) is 3.06. The van der Waals surface area contributed by atoms with E-state index in [1.807, 2.05) is 12.3 Å². The molecule has 0 bridgehead atoms. The molecule has 0 aromatic carbocycles.